The zero-order valence-electron chi connectivity index (χ0n) is 20.6. The first-order valence-electron chi connectivity index (χ1n) is 12.1. The average molecular weight is 523 g/mol. The van der Waals surface area contributed by atoms with Crippen LogP contribution in [0.4, 0.5) is 15.9 Å². The zero-order chi connectivity index (χ0) is 24.8. The summed E-state index contributed by atoms with van der Waals surface area (Å²) in [6.07, 6.45) is 5.46. The predicted octanol–water partition coefficient (Wildman–Crippen LogP) is 4.86. The number of halogens is 2. The smallest absolute Gasteiger partial charge is 0.254 e. The summed E-state index contributed by atoms with van der Waals surface area (Å²) >= 11 is 0. The van der Waals surface area contributed by atoms with E-state index in [2.05, 4.69) is 26.6 Å². The van der Waals surface area contributed by atoms with Gasteiger partial charge < -0.3 is 20.3 Å². The minimum atomic E-state index is -0.340. The molecular weight excluding hydrogens is 495 g/mol. The number of rotatable bonds is 6. The van der Waals surface area contributed by atoms with Gasteiger partial charge in [0.1, 0.15) is 17.3 Å². The van der Waals surface area contributed by atoms with Gasteiger partial charge >= 0.3 is 0 Å². The molecule has 1 amide bonds. The minimum Gasteiger partial charge on any atom is -0.374 e. The van der Waals surface area contributed by atoms with Crippen LogP contribution < -0.4 is 10.6 Å². The number of amides is 1. The molecule has 6 rings (SSSR count). The Morgan fingerprint density at radius 1 is 1.24 bits per heavy atom. The highest BCUT2D eigenvalue weighted by Crippen LogP contribution is 2.36. The quantitative estimate of drug-likeness (QED) is 0.376. The van der Waals surface area contributed by atoms with Crippen molar-refractivity contribution < 1.29 is 13.9 Å². The molecule has 3 aromatic heterocycles. The van der Waals surface area contributed by atoms with Gasteiger partial charge in [-0.15, -0.1) is 12.4 Å². The van der Waals surface area contributed by atoms with Crippen LogP contribution in [0.15, 0.2) is 48.8 Å². The second-order valence-corrected chi connectivity index (χ2v) is 9.56. The topological polar surface area (TPSA) is 83.8 Å². The molecule has 10 heteroatoms. The van der Waals surface area contributed by atoms with Crippen molar-refractivity contribution in [3.63, 3.8) is 0 Å². The Morgan fingerprint density at radius 2 is 2.11 bits per heavy atom. The average Bonchev–Trinajstić information content (AvgIpc) is 3.59. The molecule has 0 radical (unpaired) electrons. The lowest BCUT2D eigenvalue weighted by atomic mass is 9.99. The first kappa shape index (κ1) is 25.1. The summed E-state index contributed by atoms with van der Waals surface area (Å²) in [4.78, 5) is 24.2. The van der Waals surface area contributed by atoms with Gasteiger partial charge in [-0.2, -0.15) is 0 Å². The summed E-state index contributed by atoms with van der Waals surface area (Å²) in [5.41, 5.74) is 6.38. The van der Waals surface area contributed by atoms with Gasteiger partial charge in [-0.25, -0.2) is 14.4 Å². The van der Waals surface area contributed by atoms with Gasteiger partial charge in [0.15, 0.2) is 0 Å². The molecule has 5 heterocycles. The molecule has 1 saturated heterocycles. The van der Waals surface area contributed by atoms with Crippen molar-refractivity contribution in [1.82, 2.24) is 24.6 Å². The fraction of sp³-hybridized carbons (Fsp3) is 0.296. The summed E-state index contributed by atoms with van der Waals surface area (Å²) in [6, 6.07) is 10.8. The van der Waals surface area contributed by atoms with Crippen molar-refractivity contribution in [1.29, 1.82) is 0 Å². The predicted molar refractivity (Wildman–Crippen MR) is 142 cm³/mol. The number of carbonyl (C=O) groups is 1. The molecule has 8 nitrogen and oxygen atoms in total. The van der Waals surface area contributed by atoms with E-state index < -0.39 is 0 Å². The lowest BCUT2D eigenvalue weighted by molar-refractivity contribution is 0.0966. The molecule has 192 valence electrons. The van der Waals surface area contributed by atoms with Gasteiger partial charge in [0.25, 0.3) is 5.91 Å². The lowest BCUT2D eigenvalue weighted by Crippen LogP contribution is -2.15. The molecule has 0 aliphatic carbocycles. The molecule has 1 aromatic carbocycles. The first-order valence-corrected chi connectivity index (χ1v) is 12.1. The minimum absolute atomic E-state index is 0. The van der Waals surface area contributed by atoms with Crippen molar-refractivity contribution >= 4 is 35.5 Å². The van der Waals surface area contributed by atoms with Gasteiger partial charge in [0.2, 0.25) is 0 Å². The molecule has 2 N–H and O–H groups in total. The van der Waals surface area contributed by atoms with E-state index in [0.29, 0.717) is 35.8 Å². The third-order valence-corrected chi connectivity index (χ3v) is 6.66. The monoisotopic (exact) mass is 522 g/mol. The van der Waals surface area contributed by atoms with E-state index >= 15 is 0 Å². The van der Waals surface area contributed by atoms with Gasteiger partial charge in [0.05, 0.1) is 34.9 Å². The standard InChI is InChI=1S/C27H27FN6O2.ClH/c1-33(2)15-18-10-16(23-4-3-9-36-23)11-24(31-18)32-21-6-5-19(20-13-30-27(35)26(20)21)22-14-29-25-12-17(28)7-8-34(22)25;/h5-8,10-12,14,23H,3-4,9,13,15H2,1-2H3,(H,30,35)(H,31,32);1H. The third-order valence-electron chi connectivity index (χ3n) is 6.66. The zero-order valence-corrected chi connectivity index (χ0v) is 21.4. The second kappa shape index (κ2) is 10.1. The molecule has 1 atom stereocenters. The largest absolute Gasteiger partial charge is 0.374 e. The number of benzene rings is 1. The van der Waals surface area contributed by atoms with Crippen LogP contribution in [0.3, 0.4) is 0 Å². The van der Waals surface area contributed by atoms with E-state index in [4.69, 9.17) is 9.72 Å². The van der Waals surface area contributed by atoms with Crippen LogP contribution in [0.5, 0.6) is 0 Å². The number of hydrogen-bond acceptors (Lipinski definition) is 6. The molecule has 37 heavy (non-hydrogen) atoms. The van der Waals surface area contributed by atoms with Gasteiger partial charge in [-0.05, 0) is 62.3 Å². The molecule has 1 unspecified atom stereocenters. The Hall–Kier alpha value is -3.53. The molecule has 0 saturated carbocycles. The normalized spacial score (nSPS) is 16.6. The van der Waals surface area contributed by atoms with E-state index in [9.17, 15) is 9.18 Å². The summed E-state index contributed by atoms with van der Waals surface area (Å²) in [6.45, 7) is 1.87. The van der Waals surface area contributed by atoms with Gasteiger partial charge in [-0.3, -0.25) is 9.20 Å². The molecule has 4 aromatic rings. The number of imidazole rings is 1. The van der Waals surface area contributed by atoms with E-state index in [1.807, 2.05) is 36.7 Å². The van der Waals surface area contributed by atoms with E-state index in [1.54, 1.807) is 12.4 Å². The molecular formula is C27H28ClFN6O2. The highest BCUT2D eigenvalue weighted by molar-refractivity contribution is 6.06. The number of fused-ring (bicyclic) bond motifs is 2. The fourth-order valence-corrected chi connectivity index (χ4v) is 5.09. The Balaban J connectivity index is 0.00000280. The SMILES string of the molecule is CN(C)Cc1cc(C2CCCO2)cc(Nc2ccc(-c3cnc4cc(F)ccn34)c3c2C(=O)NC3)n1.Cl. The second-order valence-electron chi connectivity index (χ2n) is 9.56. The summed E-state index contributed by atoms with van der Waals surface area (Å²) in [5, 5.41) is 6.36. The number of anilines is 2. The van der Waals surface area contributed by atoms with Crippen LogP contribution in [0.25, 0.3) is 16.9 Å². The van der Waals surface area contributed by atoms with Crippen LogP contribution in [0.2, 0.25) is 0 Å². The van der Waals surface area contributed by atoms with Crippen molar-refractivity contribution in [2.75, 3.05) is 26.0 Å². The van der Waals surface area contributed by atoms with Crippen LogP contribution in [-0.2, 0) is 17.8 Å². The molecule has 0 spiro atoms. The molecule has 0 bridgehead atoms. The maximum absolute atomic E-state index is 13.7. The maximum atomic E-state index is 13.7. The van der Waals surface area contributed by atoms with Crippen LogP contribution in [0.1, 0.15) is 46.1 Å². The Kier molecular flexibility index (Phi) is 6.85. The number of nitrogens with zero attached hydrogens (tertiary/aromatic N) is 4. The van der Waals surface area contributed by atoms with Crippen LogP contribution in [-0.4, -0.2) is 45.9 Å². The number of carbonyl (C=O) groups excluding carboxylic acids is 1. The number of nitrogens with one attached hydrogen (secondary N) is 2. The highest BCUT2D eigenvalue weighted by Gasteiger charge is 2.28. The van der Waals surface area contributed by atoms with Crippen LogP contribution >= 0.6 is 12.4 Å². The van der Waals surface area contributed by atoms with Crippen molar-refractivity contribution in [2.45, 2.75) is 32.0 Å². The Bertz CT molecular complexity index is 1480. The fourth-order valence-electron chi connectivity index (χ4n) is 5.09. The third kappa shape index (κ3) is 4.77. The maximum Gasteiger partial charge on any atom is 0.254 e. The highest BCUT2D eigenvalue weighted by atomic mass is 35.5. The van der Waals surface area contributed by atoms with Crippen molar-refractivity contribution in [2.24, 2.45) is 0 Å². The molecule has 2 aliphatic heterocycles. The summed E-state index contributed by atoms with van der Waals surface area (Å²) < 4.78 is 21.4. The van der Waals surface area contributed by atoms with Crippen molar-refractivity contribution in [3.05, 3.63) is 77.0 Å². The first-order chi connectivity index (χ1) is 17.5. The Labute approximate surface area is 220 Å². The molecule has 1 fully saturated rings. The number of pyridine rings is 2. The molecule has 2 aliphatic rings. The number of ether oxygens (including phenoxy) is 1. The van der Waals surface area contributed by atoms with Crippen LogP contribution in [0, 0.1) is 5.82 Å². The summed E-state index contributed by atoms with van der Waals surface area (Å²) in [7, 11) is 4.02. The van der Waals surface area contributed by atoms with E-state index in [-0.39, 0.29) is 30.2 Å². The number of hydrogen-bond donors (Lipinski definition) is 2. The van der Waals surface area contributed by atoms with Gasteiger partial charge in [-0.1, -0.05) is 6.07 Å². The Morgan fingerprint density at radius 3 is 2.89 bits per heavy atom. The van der Waals surface area contributed by atoms with Gasteiger partial charge in [0, 0.05) is 37.5 Å². The van der Waals surface area contributed by atoms with E-state index in [1.165, 1.54) is 12.1 Å². The summed E-state index contributed by atoms with van der Waals surface area (Å²) in [5.74, 6) is 0.199. The van der Waals surface area contributed by atoms with E-state index in [0.717, 1.165) is 47.5 Å². The van der Waals surface area contributed by atoms with Crippen molar-refractivity contribution in [3.8, 4) is 11.3 Å². The lowest BCUT2D eigenvalue weighted by Gasteiger charge is -2.18. The number of aromatic nitrogens is 3.